The Kier molecular flexibility index (Phi) is 3.15. The van der Waals surface area contributed by atoms with Gasteiger partial charge in [0.2, 0.25) is 0 Å². The van der Waals surface area contributed by atoms with Crippen molar-refractivity contribution in [1.29, 1.82) is 0 Å². The van der Waals surface area contributed by atoms with Gasteiger partial charge in [-0.05, 0) is 12.8 Å². The molecule has 78 valence electrons. The van der Waals surface area contributed by atoms with Crippen LogP contribution in [-0.2, 0) is 13.8 Å². The van der Waals surface area contributed by atoms with E-state index in [1.165, 1.54) is 0 Å². The topological polar surface area (TPSA) is 79.3 Å². The summed E-state index contributed by atoms with van der Waals surface area (Å²) < 4.78 is 20.5. The quantitative estimate of drug-likeness (QED) is 0.523. The molecule has 1 aliphatic heterocycles. The Bertz CT molecular complexity index is 215. The number of hydrogen-bond donors (Lipinski definition) is 2. The average molecular weight is 210 g/mol. The average Bonchev–Trinajstić information content (AvgIpc) is 2.81. The highest BCUT2D eigenvalue weighted by atomic mass is 31.2. The lowest BCUT2D eigenvalue weighted by Gasteiger charge is -2.29. The lowest BCUT2D eigenvalue weighted by atomic mass is 9.94. The maximum absolute atomic E-state index is 10.7. The molecule has 0 aliphatic carbocycles. The molecule has 1 atom stereocenters. The Labute approximate surface area is 77.3 Å². The predicted molar refractivity (Wildman–Crippen MR) is 46.2 cm³/mol. The minimum absolute atomic E-state index is 0.157. The van der Waals surface area contributed by atoms with Gasteiger partial charge in [-0.25, -0.2) is 4.57 Å². The smallest absolute Gasteiger partial charge is 0.370 e. The third-order valence-electron chi connectivity index (χ3n) is 2.42. The molecular weight excluding hydrogens is 195 g/mol. The van der Waals surface area contributed by atoms with Crippen molar-refractivity contribution < 1.29 is 23.6 Å². The van der Waals surface area contributed by atoms with E-state index < -0.39 is 13.4 Å². The number of ether oxygens (including phenoxy) is 1. The van der Waals surface area contributed by atoms with Crippen molar-refractivity contribution >= 4 is 7.82 Å². The van der Waals surface area contributed by atoms with Crippen molar-refractivity contribution in [2.75, 3.05) is 6.61 Å². The molecule has 0 spiro atoms. The van der Waals surface area contributed by atoms with E-state index in [0.29, 0.717) is 19.4 Å². The van der Waals surface area contributed by atoms with Crippen molar-refractivity contribution in [3.63, 3.8) is 0 Å². The maximum atomic E-state index is 10.7. The van der Waals surface area contributed by atoms with E-state index in [-0.39, 0.29) is 6.10 Å². The number of rotatable bonds is 5. The summed E-state index contributed by atoms with van der Waals surface area (Å²) in [6, 6.07) is 0. The van der Waals surface area contributed by atoms with Gasteiger partial charge in [-0.3, -0.25) is 4.52 Å². The van der Waals surface area contributed by atoms with Crippen LogP contribution < -0.4 is 0 Å². The van der Waals surface area contributed by atoms with Crippen LogP contribution in [0.15, 0.2) is 0 Å². The molecule has 2 N–H and O–H groups in total. The monoisotopic (exact) mass is 210 g/mol. The summed E-state index contributed by atoms with van der Waals surface area (Å²) in [5.41, 5.74) is -0.807. The molecule has 6 heteroatoms. The second-order valence-corrected chi connectivity index (χ2v) is 4.34. The van der Waals surface area contributed by atoms with Crippen molar-refractivity contribution in [2.24, 2.45) is 0 Å². The van der Waals surface area contributed by atoms with Crippen molar-refractivity contribution in [2.45, 2.75) is 38.4 Å². The molecule has 1 saturated heterocycles. The third-order valence-corrected chi connectivity index (χ3v) is 3.02. The summed E-state index contributed by atoms with van der Waals surface area (Å²) in [6.45, 7) is 4.20. The van der Waals surface area contributed by atoms with Gasteiger partial charge in [0, 0.05) is 0 Å². The highest BCUT2D eigenvalue weighted by Gasteiger charge is 2.49. The Morgan fingerprint density at radius 1 is 1.54 bits per heavy atom. The van der Waals surface area contributed by atoms with Crippen LogP contribution in [-0.4, -0.2) is 28.1 Å². The summed E-state index contributed by atoms with van der Waals surface area (Å²) in [5, 5.41) is 0. The first-order chi connectivity index (χ1) is 5.93. The Hall–Kier alpha value is 0.0700. The molecule has 1 rings (SSSR count). The van der Waals surface area contributed by atoms with E-state index in [9.17, 15) is 4.57 Å². The van der Waals surface area contributed by atoms with Crippen molar-refractivity contribution in [3.05, 3.63) is 0 Å². The fourth-order valence-corrected chi connectivity index (χ4v) is 2.33. The van der Waals surface area contributed by atoms with Crippen LogP contribution in [0.5, 0.6) is 0 Å². The summed E-state index contributed by atoms with van der Waals surface area (Å²) in [6.07, 6.45) is 0.925. The number of hydrogen-bond acceptors (Lipinski definition) is 3. The lowest BCUT2D eigenvalue weighted by Crippen LogP contribution is -2.36. The Morgan fingerprint density at radius 2 is 2.00 bits per heavy atom. The second-order valence-electron chi connectivity index (χ2n) is 3.18. The normalized spacial score (nSPS) is 23.2. The number of phosphoric acid groups is 1. The van der Waals surface area contributed by atoms with E-state index in [0.717, 1.165) is 0 Å². The zero-order valence-electron chi connectivity index (χ0n) is 7.77. The first-order valence-corrected chi connectivity index (χ1v) is 5.84. The maximum Gasteiger partial charge on any atom is 0.470 e. The van der Waals surface area contributed by atoms with E-state index in [4.69, 9.17) is 19.0 Å². The lowest BCUT2D eigenvalue weighted by molar-refractivity contribution is 0.00303. The molecule has 0 aromatic carbocycles. The standard InChI is InChI=1S/C7H15O5P/c1-3-7(4-2,6-5-11-6)12-13(8,9)10/h6H,3-5H2,1-2H3,(H2,8,9,10). The van der Waals surface area contributed by atoms with Gasteiger partial charge < -0.3 is 14.5 Å². The van der Waals surface area contributed by atoms with E-state index in [1.54, 1.807) is 0 Å². The molecule has 0 saturated carbocycles. The molecule has 1 heterocycles. The Morgan fingerprint density at radius 3 is 2.23 bits per heavy atom. The molecule has 0 aromatic heterocycles. The van der Waals surface area contributed by atoms with Crippen LogP contribution >= 0.6 is 7.82 Å². The van der Waals surface area contributed by atoms with Gasteiger partial charge in [-0.1, -0.05) is 13.8 Å². The summed E-state index contributed by atoms with van der Waals surface area (Å²) in [5.74, 6) is 0. The summed E-state index contributed by atoms with van der Waals surface area (Å²) >= 11 is 0. The van der Waals surface area contributed by atoms with Crippen LogP contribution in [0.3, 0.4) is 0 Å². The molecule has 1 fully saturated rings. The van der Waals surface area contributed by atoms with Gasteiger partial charge >= 0.3 is 7.82 Å². The molecular formula is C7H15O5P. The highest BCUT2D eigenvalue weighted by molar-refractivity contribution is 7.46. The highest BCUT2D eigenvalue weighted by Crippen LogP contribution is 2.48. The molecule has 0 bridgehead atoms. The molecule has 0 radical (unpaired) electrons. The SMILES string of the molecule is CCC(CC)(OP(=O)(O)O)C1CO1. The van der Waals surface area contributed by atoms with Gasteiger partial charge in [-0.15, -0.1) is 0 Å². The zero-order chi connectivity index (χ0) is 10.1. The molecule has 1 aliphatic rings. The minimum Gasteiger partial charge on any atom is -0.370 e. The van der Waals surface area contributed by atoms with Crippen LogP contribution in [0.1, 0.15) is 26.7 Å². The molecule has 5 nitrogen and oxygen atoms in total. The Balaban J connectivity index is 2.71. The van der Waals surface area contributed by atoms with E-state index in [2.05, 4.69) is 0 Å². The van der Waals surface area contributed by atoms with Crippen LogP contribution in [0.4, 0.5) is 0 Å². The fraction of sp³-hybridized carbons (Fsp3) is 1.00. The van der Waals surface area contributed by atoms with Gasteiger partial charge in [-0.2, -0.15) is 0 Å². The first-order valence-electron chi connectivity index (χ1n) is 4.31. The van der Waals surface area contributed by atoms with Gasteiger partial charge in [0.15, 0.2) is 0 Å². The fourth-order valence-electron chi connectivity index (χ4n) is 1.48. The zero-order valence-corrected chi connectivity index (χ0v) is 8.66. The van der Waals surface area contributed by atoms with Crippen LogP contribution in [0.2, 0.25) is 0 Å². The largest absolute Gasteiger partial charge is 0.470 e. The molecule has 1 unspecified atom stereocenters. The molecule has 0 aromatic rings. The van der Waals surface area contributed by atoms with Gasteiger partial charge in [0.25, 0.3) is 0 Å². The summed E-state index contributed by atoms with van der Waals surface area (Å²) in [7, 11) is -4.41. The van der Waals surface area contributed by atoms with E-state index >= 15 is 0 Å². The van der Waals surface area contributed by atoms with Crippen LogP contribution in [0.25, 0.3) is 0 Å². The second kappa shape index (κ2) is 3.67. The van der Waals surface area contributed by atoms with Crippen molar-refractivity contribution in [3.8, 4) is 0 Å². The summed E-state index contributed by atoms with van der Waals surface area (Å²) in [4.78, 5) is 17.5. The number of epoxide rings is 1. The van der Waals surface area contributed by atoms with Gasteiger partial charge in [0.05, 0.1) is 6.61 Å². The van der Waals surface area contributed by atoms with Crippen LogP contribution in [0, 0.1) is 0 Å². The third kappa shape index (κ3) is 2.76. The van der Waals surface area contributed by atoms with Gasteiger partial charge in [0.1, 0.15) is 11.7 Å². The van der Waals surface area contributed by atoms with E-state index in [1.807, 2.05) is 13.8 Å². The van der Waals surface area contributed by atoms with Crippen molar-refractivity contribution in [1.82, 2.24) is 0 Å². The predicted octanol–water partition coefficient (Wildman–Crippen LogP) is 1.05. The first kappa shape index (κ1) is 11.1. The number of phosphoric ester groups is 1. The molecule has 13 heavy (non-hydrogen) atoms. The minimum atomic E-state index is -4.41. The molecule has 0 amide bonds.